The number of rotatable bonds is 8. The van der Waals surface area contributed by atoms with Crippen LogP contribution >= 0.6 is 11.6 Å². The second-order valence-corrected chi connectivity index (χ2v) is 7.60. The number of halogens is 1. The van der Waals surface area contributed by atoms with Crippen molar-refractivity contribution in [1.29, 1.82) is 0 Å². The highest BCUT2D eigenvalue weighted by Gasteiger charge is 2.26. The lowest BCUT2D eigenvalue weighted by molar-refractivity contribution is 0.0600. The summed E-state index contributed by atoms with van der Waals surface area (Å²) in [4.78, 5) is 15.4. The molecular weight excluding hydrogens is 364 g/mol. The summed E-state index contributed by atoms with van der Waals surface area (Å²) in [6.45, 7) is 0.0232. The number of alkyl halides is 1. The predicted octanol–water partition coefficient (Wildman–Crippen LogP) is 2.66. The zero-order valence-corrected chi connectivity index (χ0v) is 15.3. The first-order valence-corrected chi connectivity index (χ1v) is 9.68. The normalized spacial score (nSPS) is 12.6. The van der Waals surface area contributed by atoms with Crippen molar-refractivity contribution in [2.75, 3.05) is 13.0 Å². The van der Waals surface area contributed by atoms with E-state index in [1.54, 1.807) is 30.3 Å². The van der Waals surface area contributed by atoms with Gasteiger partial charge in [-0.1, -0.05) is 30.3 Å². The number of carbonyl (C=O) groups excluding carboxylic acids is 1. The number of esters is 1. The number of hydrogen-bond donors (Lipinski definition) is 1. The van der Waals surface area contributed by atoms with Gasteiger partial charge in [0, 0.05) is 12.1 Å². The number of nitrogens with zero attached hydrogens (tertiary/aromatic N) is 1. The predicted molar refractivity (Wildman–Crippen MR) is 95.9 cm³/mol. The van der Waals surface area contributed by atoms with Crippen LogP contribution in [0.2, 0.25) is 0 Å². The SMILES string of the molecule is COC(=O)c1ccc(CNS(=O)(=O)C(CCCl)c2ccccc2)nc1. The summed E-state index contributed by atoms with van der Waals surface area (Å²) >= 11 is 5.78. The van der Waals surface area contributed by atoms with E-state index in [-0.39, 0.29) is 12.4 Å². The third-order valence-corrected chi connectivity index (χ3v) is 5.64. The van der Waals surface area contributed by atoms with Gasteiger partial charge in [-0.15, -0.1) is 11.6 Å². The Hall–Kier alpha value is -1.96. The molecule has 134 valence electrons. The van der Waals surface area contributed by atoms with Gasteiger partial charge in [0.1, 0.15) is 5.25 Å². The number of methoxy groups -OCH3 is 1. The summed E-state index contributed by atoms with van der Waals surface area (Å²) in [6, 6.07) is 12.1. The fourth-order valence-electron chi connectivity index (χ4n) is 2.31. The molecule has 0 spiro atoms. The summed E-state index contributed by atoms with van der Waals surface area (Å²) in [5.74, 6) is -0.266. The first-order chi connectivity index (χ1) is 12.0. The third-order valence-electron chi connectivity index (χ3n) is 3.62. The van der Waals surface area contributed by atoms with Crippen LogP contribution in [0.4, 0.5) is 0 Å². The van der Waals surface area contributed by atoms with Crippen molar-refractivity contribution >= 4 is 27.6 Å². The van der Waals surface area contributed by atoms with E-state index in [1.807, 2.05) is 6.07 Å². The number of pyridine rings is 1. The molecule has 1 unspecified atom stereocenters. The van der Waals surface area contributed by atoms with Crippen molar-refractivity contribution < 1.29 is 17.9 Å². The summed E-state index contributed by atoms with van der Waals surface area (Å²) in [5.41, 5.74) is 1.48. The molecule has 0 saturated carbocycles. The maximum Gasteiger partial charge on any atom is 0.339 e. The third kappa shape index (κ3) is 5.26. The number of sulfonamides is 1. The highest BCUT2D eigenvalue weighted by molar-refractivity contribution is 7.89. The smallest absolute Gasteiger partial charge is 0.339 e. The number of benzene rings is 1. The van der Waals surface area contributed by atoms with Crippen LogP contribution in [-0.4, -0.2) is 32.4 Å². The Morgan fingerprint density at radius 2 is 1.96 bits per heavy atom. The lowest BCUT2D eigenvalue weighted by Crippen LogP contribution is -2.29. The fraction of sp³-hybridized carbons (Fsp3) is 0.294. The van der Waals surface area contributed by atoms with Gasteiger partial charge in [-0.25, -0.2) is 17.9 Å². The van der Waals surface area contributed by atoms with Crippen molar-refractivity contribution in [2.24, 2.45) is 0 Å². The van der Waals surface area contributed by atoms with Crippen LogP contribution < -0.4 is 4.72 Å². The molecule has 6 nitrogen and oxygen atoms in total. The van der Waals surface area contributed by atoms with Gasteiger partial charge in [-0.3, -0.25) is 4.98 Å². The maximum atomic E-state index is 12.6. The lowest BCUT2D eigenvalue weighted by Gasteiger charge is -2.17. The van der Waals surface area contributed by atoms with Crippen LogP contribution in [-0.2, 0) is 21.3 Å². The van der Waals surface area contributed by atoms with Crippen LogP contribution in [0.15, 0.2) is 48.7 Å². The molecule has 25 heavy (non-hydrogen) atoms. The Morgan fingerprint density at radius 1 is 1.24 bits per heavy atom. The molecule has 0 bridgehead atoms. The summed E-state index contributed by atoms with van der Waals surface area (Å²) in [5, 5.41) is -0.736. The molecule has 0 fully saturated rings. The van der Waals surface area contributed by atoms with Crippen molar-refractivity contribution in [3.05, 3.63) is 65.5 Å². The maximum absolute atomic E-state index is 12.6. The van der Waals surface area contributed by atoms with E-state index in [1.165, 1.54) is 19.4 Å². The van der Waals surface area contributed by atoms with E-state index < -0.39 is 21.2 Å². The van der Waals surface area contributed by atoms with Crippen molar-refractivity contribution in [2.45, 2.75) is 18.2 Å². The minimum Gasteiger partial charge on any atom is -0.465 e. The average Bonchev–Trinajstić information content (AvgIpc) is 2.65. The first kappa shape index (κ1) is 19.4. The number of hydrogen-bond acceptors (Lipinski definition) is 5. The first-order valence-electron chi connectivity index (χ1n) is 7.60. The number of carbonyl (C=O) groups is 1. The molecule has 0 aliphatic rings. The molecule has 1 atom stereocenters. The zero-order chi connectivity index (χ0) is 18.3. The minimum absolute atomic E-state index is 0.0232. The van der Waals surface area contributed by atoms with Gasteiger partial charge in [0.15, 0.2) is 0 Å². The van der Waals surface area contributed by atoms with Gasteiger partial charge in [0.25, 0.3) is 0 Å². The van der Waals surface area contributed by atoms with E-state index in [9.17, 15) is 13.2 Å². The molecule has 1 N–H and O–H groups in total. The largest absolute Gasteiger partial charge is 0.465 e. The summed E-state index contributed by atoms with van der Waals surface area (Å²) < 4.78 is 32.4. The standard InChI is InChI=1S/C17H19ClN2O4S/c1-24-17(21)14-7-8-15(19-11-14)12-20-25(22,23)16(9-10-18)13-5-3-2-4-6-13/h2-8,11,16,20H,9-10,12H2,1H3. The molecule has 2 aromatic rings. The van der Waals surface area contributed by atoms with Crippen LogP contribution in [0.3, 0.4) is 0 Å². The molecule has 0 aliphatic carbocycles. The van der Waals surface area contributed by atoms with Gasteiger partial charge in [0.05, 0.1) is 24.9 Å². The van der Waals surface area contributed by atoms with E-state index in [0.717, 1.165) is 0 Å². The van der Waals surface area contributed by atoms with Crippen LogP contribution in [0.1, 0.15) is 33.3 Å². The molecule has 1 aromatic carbocycles. The van der Waals surface area contributed by atoms with Gasteiger partial charge in [0.2, 0.25) is 10.0 Å². The Kier molecular flexibility index (Phi) is 6.92. The highest BCUT2D eigenvalue weighted by atomic mass is 35.5. The Balaban J connectivity index is 2.10. The van der Waals surface area contributed by atoms with Crippen molar-refractivity contribution in [1.82, 2.24) is 9.71 Å². The Morgan fingerprint density at radius 3 is 2.52 bits per heavy atom. The zero-order valence-electron chi connectivity index (χ0n) is 13.7. The van der Waals surface area contributed by atoms with Gasteiger partial charge < -0.3 is 4.74 Å². The van der Waals surface area contributed by atoms with Gasteiger partial charge in [-0.05, 0) is 24.1 Å². The van der Waals surface area contributed by atoms with E-state index in [0.29, 0.717) is 23.2 Å². The second-order valence-electron chi connectivity index (χ2n) is 5.27. The fourth-order valence-corrected chi connectivity index (χ4v) is 4.15. The topological polar surface area (TPSA) is 85.4 Å². The number of aromatic nitrogens is 1. The minimum atomic E-state index is -3.63. The van der Waals surface area contributed by atoms with Crippen LogP contribution in [0.25, 0.3) is 0 Å². The monoisotopic (exact) mass is 382 g/mol. The lowest BCUT2D eigenvalue weighted by atomic mass is 10.1. The van der Waals surface area contributed by atoms with E-state index >= 15 is 0 Å². The van der Waals surface area contributed by atoms with Crippen LogP contribution in [0, 0.1) is 0 Å². The van der Waals surface area contributed by atoms with Crippen molar-refractivity contribution in [3.63, 3.8) is 0 Å². The highest BCUT2D eigenvalue weighted by Crippen LogP contribution is 2.25. The summed E-state index contributed by atoms with van der Waals surface area (Å²) in [7, 11) is -2.35. The molecule has 2 rings (SSSR count). The second kappa shape index (κ2) is 8.94. The molecule has 1 heterocycles. The molecular formula is C17H19ClN2O4S. The molecule has 8 heteroatoms. The quantitative estimate of drug-likeness (QED) is 0.560. The van der Waals surface area contributed by atoms with Gasteiger partial charge in [-0.2, -0.15) is 0 Å². The van der Waals surface area contributed by atoms with Crippen LogP contribution in [0.5, 0.6) is 0 Å². The Bertz CT molecular complexity index is 795. The molecule has 0 saturated heterocycles. The molecule has 0 aliphatic heterocycles. The van der Waals surface area contributed by atoms with E-state index in [2.05, 4.69) is 14.4 Å². The van der Waals surface area contributed by atoms with E-state index in [4.69, 9.17) is 11.6 Å². The van der Waals surface area contributed by atoms with Gasteiger partial charge >= 0.3 is 5.97 Å². The molecule has 1 aromatic heterocycles. The summed E-state index contributed by atoms with van der Waals surface area (Å²) in [6.07, 6.45) is 1.65. The molecule has 0 amide bonds. The van der Waals surface area contributed by atoms with Crippen molar-refractivity contribution in [3.8, 4) is 0 Å². The average molecular weight is 383 g/mol. The Labute approximate surface area is 152 Å². The number of ether oxygens (including phenoxy) is 1. The molecule has 0 radical (unpaired) electrons. The number of nitrogens with one attached hydrogen (secondary N) is 1.